The summed E-state index contributed by atoms with van der Waals surface area (Å²) in [6, 6.07) is 0.335. The molecule has 0 aromatic heterocycles. The van der Waals surface area contributed by atoms with E-state index in [-0.39, 0.29) is 5.91 Å². The van der Waals surface area contributed by atoms with Crippen molar-refractivity contribution in [3.8, 4) is 0 Å². The maximum Gasteiger partial charge on any atom is 0.233 e. The van der Waals surface area contributed by atoms with E-state index in [1.807, 2.05) is 0 Å². The molecule has 0 spiro atoms. The lowest BCUT2D eigenvalue weighted by atomic mass is 9.62. The molecule has 3 nitrogen and oxygen atoms in total. The fraction of sp³-hybridized carbons (Fsp3) is 0.857. The Bertz CT molecular complexity index is 329. The number of amides is 1. The average Bonchev–Trinajstić information content (AvgIpc) is 2.52. The summed E-state index contributed by atoms with van der Waals surface area (Å²) < 4.78 is 0. The van der Waals surface area contributed by atoms with Crippen LogP contribution in [0.15, 0.2) is 0 Å². The van der Waals surface area contributed by atoms with E-state index in [9.17, 15) is 4.79 Å². The van der Waals surface area contributed by atoms with Gasteiger partial charge in [-0.15, -0.1) is 0 Å². The third kappa shape index (κ3) is 2.68. The first-order valence-corrected chi connectivity index (χ1v) is 7.56. The maximum absolute atomic E-state index is 12.4. The Kier molecular flexibility index (Phi) is 4.25. The molecule has 0 unspecified atom stereocenters. The summed E-state index contributed by atoms with van der Waals surface area (Å²) >= 11 is 5.12. The van der Waals surface area contributed by atoms with E-state index >= 15 is 0 Å². The fourth-order valence-electron chi connectivity index (χ4n) is 3.38. The Morgan fingerprint density at radius 2 is 1.78 bits per heavy atom. The summed E-state index contributed by atoms with van der Waals surface area (Å²) in [6.45, 7) is 2.15. The molecule has 0 radical (unpaired) electrons. The first-order chi connectivity index (χ1) is 8.54. The summed E-state index contributed by atoms with van der Waals surface area (Å²) in [7, 11) is 0. The predicted molar refractivity (Wildman–Crippen MR) is 77.2 cm³/mol. The molecule has 0 saturated heterocycles. The largest absolute Gasteiger partial charge is 0.392 e. The van der Waals surface area contributed by atoms with E-state index in [0.29, 0.717) is 16.9 Å². The topological polar surface area (TPSA) is 55.1 Å². The van der Waals surface area contributed by atoms with E-state index in [2.05, 4.69) is 12.2 Å². The molecule has 2 fully saturated rings. The highest BCUT2D eigenvalue weighted by Gasteiger charge is 2.51. The van der Waals surface area contributed by atoms with Gasteiger partial charge < -0.3 is 11.1 Å². The Labute approximate surface area is 115 Å². The van der Waals surface area contributed by atoms with Crippen molar-refractivity contribution in [2.45, 2.75) is 64.3 Å². The van der Waals surface area contributed by atoms with Gasteiger partial charge in [-0.3, -0.25) is 4.79 Å². The van der Waals surface area contributed by atoms with Crippen molar-refractivity contribution in [3.63, 3.8) is 0 Å². The second-order valence-electron chi connectivity index (χ2n) is 6.12. The number of nitrogens with one attached hydrogen (secondary N) is 1. The summed E-state index contributed by atoms with van der Waals surface area (Å²) in [6.07, 6.45) is 8.89. The summed E-state index contributed by atoms with van der Waals surface area (Å²) in [5.74, 6) is 0.645. The zero-order chi connectivity index (χ0) is 13.2. The summed E-state index contributed by atoms with van der Waals surface area (Å²) in [5.41, 5.74) is 5.26. The van der Waals surface area contributed by atoms with E-state index in [1.54, 1.807) is 0 Å². The van der Waals surface area contributed by atoms with Crippen LogP contribution in [0, 0.1) is 11.3 Å². The lowest BCUT2D eigenvalue weighted by Crippen LogP contribution is -2.57. The van der Waals surface area contributed by atoms with Crippen molar-refractivity contribution in [1.29, 1.82) is 0 Å². The lowest BCUT2D eigenvalue weighted by Gasteiger charge is -2.44. The van der Waals surface area contributed by atoms with Gasteiger partial charge in [0.2, 0.25) is 5.91 Å². The predicted octanol–water partition coefficient (Wildman–Crippen LogP) is 2.53. The smallest absolute Gasteiger partial charge is 0.233 e. The molecule has 1 amide bonds. The van der Waals surface area contributed by atoms with Gasteiger partial charge in [-0.05, 0) is 31.6 Å². The number of carbonyl (C=O) groups excluding carboxylic acids is 1. The highest BCUT2D eigenvalue weighted by Crippen LogP contribution is 2.46. The first-order valence-electron chi connectivity index (χ1n) is 7.15. The lowest BCUT2D eigenvalue weighted by molar-refractivity contribution is -0.133. The van der Waals surface area contributed by atoms with Crippen LogP contribution >= 0.6 is 12.2 Å². The van der Waals surface area contributed by atoms with Crippen molar-refractivity contribution in [1.82, 2.24) is 5.32 Å². The van der Waals surface area contributed by atoms with Gasteiger partial charge >= 0.3 is 0 Å². The monoisotopic (exact) mass is 268 g/mol. The average molecular weight is 268 g/mol. The molecule has 0 atom stereocenters. The van der Waals surface area contributed by atoms with Crippen LogP contribution < -0.4 is 11.1 Å². The Morgan fingerprint density at radius 1 is 1.22 bits per heavy atom. The van der Waals surface area contributed by atoms with Crippen LogP contribution in [0.5, 0.6) is 0 Å². The molecule has 0 bridgehead atoms. The zero-order valence-electron chi connectivity index (χ0n) is 11.2. The van der Waals surface area contributed by atoms with Gasteiger partial charge in [-0.2, -0.15) is 0 Å². The van der Waals surface area contributed by atoms with Crippen molar-refractivity contribution in [2.75, 3.05) is 0 Å². The minimum absolute atomic E-state index is 0.0833. The molecule has 18 heavy (non-hydrogen) atoms. The van der Waals surface area contributed by atoms with Crippen molar-refractivity contribution in [3.05, 3.63) is 0 Å². The number of nitrogens with two attached hydrogens (primary N) is 1. The second-order valence-corrected chi connectivity index (χ2v) is 6.56. The molecule has 2 rings (SSSR count). The van der Waals surface area contributed by atoms with Gasteiger partial charge in [0, 0.05) is 6.04 Å². The van der Waals surface area contributed by atoms with Crippen LogP contribution in [0.25, 0.3) is 0 Å². The van der Waals surface area contributed by atoms with Crippen LogP contribution in [0.2, 0.25) is 0 Å². The van der Waals surface area contributed by atoms with Crippen LogP contribution in [0.1, 0.15) is 58.3 Å². The Balaban J connectivity index is 1.95. The first kappa shape index (κ1) is 13.8. The fourth-order valence-corrected chi connectivity index (χ4v) is 3.64. The number of rotatable bonds is 3. The zero-order valence-corrected chi connectivity index (χ0v) is 12.0. The van der Waals surface area contributed by atoms with E-state index < -0.39 is 5.41 Å². The van der Waals surface area contributed by atoms with Gasteiger partial charge in [-0.1, -0.05) is 44.8 Å². The standard InChI is InChI=1S/C14H24N2OS/c1-10-8-14(9-10,12(15)18)13(17)16-11-6-4-2-3-5-7-11/h10-11H,2-9H2,1H3,(H2,15,18)(H,16,17). The Hall–Kier alpha value is -0.640. The van der Waals surface area contributed by atoms with Gasteiger partial charge in [0.25, 0.3) is 0 Å². The summed E-state index contributed by atoms with van der Waals surface area (Å²) in [5, 5.41) is 3.20. The van der Waals surface area contributed by atoms with Gasteiger partial charge in [0.15, 0.2) is 0 Å². The molecule has 0 heterocycles. The number of hydrogen-bond donors (Lipinski definition) is 2. The number of thiocarbonyl (C=S) groups is 1. The van der Waals surface area contributed by atoms with Crippen LogP contribution in [0.4, 0.5) is 0 Å². The SMILES string of the molecule is CC1CC(C(=O)NC2CCCCCC2)(C(N)=S)C1. The van der Waals surface area contributed by atoms with E-state index in [0.717, 1.165) is 25.7 Å². The van der Waals surface area contributed by atoms with Crippen molar-refractivity contribution in [2.24, 2.45) is 17.1 Å². The van der Waals surface area contributed by atoms with Crippen molar-refractivity contribution >= 4 is 23.1 Å². The Morgan fingerprint density at radius 3 is 2.22 bits per heavy atom. The normalized spacial score (nSPS) is 33.3. The quantitative estimate of drug-likeness (QED) is 0.611. The third-order valence-corrected chi connectivity index (χ3v) is 4.88. The number of hydrogen-bond acceptors (Lipinski definition) is 2. The molecular formula is C14H24N2OS. The molecule has 102 valence electrons. The number of carbonyl (C=O) groups is 1. The van der Waals surface area contributed by atoms with Crippen LogP contribution in [0.3, 0.4) is 0 Å². The minimum Gasteiger partial charge on any atom is -0.392 e. The van der Waals surface area contributed by atoms with Gasteiger partial charge in [0.05, 0.1) is 10.4 Å². The molecule has 2 aliphatic rings. The third-order valence-electron chi connectivity index (χ3n) is 4.49. The molecular weight excluding hydrogens is 244 g/mol. The van der Waals surface area contributed by atoms with Crippen LogP contribution in [-0.2, 0) is 4.79 Å². The highest BCUT2D eigenvalue weighted by molar-refractivity contribution is 7.80. The molecule has 4 heteroatoms. The van der Waals surface area contributed by atoms with Crippen LogP contribution in [-0.4, -0.2) is 16.9 Å². The van der Waals surface area contributed by atoms with Gasteiger partial charge in [-0.25, -0.2) is 0 Å². The molecule has 0 aromatic rings. The molecule has 0 aliphatic heterocycles. The van der Waals surface area contributed by atoms with E-state index in [4.69, 9.17) is 18.0 Å². The second kappa shape index (κ2) is 5.55. The molecule has 0 aromatic carbocycles. The molecule has 2 saturated carbocycles. The molecule has 3 N–H and O–H groups in total. The minimum atomic E-state index is -0.541. The molecule has 2 aliphatic carbocycles. The maximum atomic E-state index is 12.4. The highest BCUT2D eigenvalue weighted by atomic mass is 32.1. The van der Waals surface area contributed by atoms with Gasteiger partial charge in [0.1, 0.15) is 0 Å². The van der Waals surface area contributed by atoms with Crippen molar-refractivity contribution < 1.29 is 4.79 Å². The summed E-state index contributed by atoms with van der Waals surface area (Å²) in [4.78, 5) is 12.8. The van der Waals surface area contributed by atoms with E-state index in [1.165, 1.54) is 25.7 Å².